The Hall–Kier alpha value is -2.33. The van der Waals surface area contributed by atoms with Gasteiger partial charge in [-0.05, 0) is 50.1 Å². The average molecular weight is 332 g/mol. The lowest BCUT2D eigenvalue weighted by atomic mass is 10.1. The Kier molecular flexibility index (Phi) is 5.40. The zero-order valence-corrected chi connectivity index (χ0v) is 14.0. The molecule has 0 atom stereocenters. The highest BCUT2D eigenvalue weighted by atomic mass is 35.5. The molecule has 2 aromatic rings. The minimum Gasteiger partial charge on any atom is -0.452 e. The quantitative estimate of drug-likeness (QED) is 0.859. The molecule has 4 nitrogen and oxygen atoms in total. The third-order valence-corrected chi connectivity index (χ3v) is 3.90. The Morgan fingerprint density at radius 2 is 1.87 bits per heavy atom. The molecule has 0 aliphatic rings. The van der Waals surface area contributed by atoms with Crippen LogP contribution < -0.4 is 5.32 Å². The van der Waals surface area contributed by atoms with E-state index in [-0.39, 0.29) is 6.61 Å². The normalized spacial score (nSPS) is 10.3. The topological polar surface area (TPSA) is 55.4 Å². The van der Waals surface area contributed by atoms with Crippen molar-refractivity contribution in [1.29, 1.82) is 0 Å². The number of aryl methyl sites for hydroxylation is 2. The lowest BCUT2D eigenvalue weighted by molar-refractivity contribution is -0.119. The summed E-state index contributed by atoms with van der Waals surface area (Å²) in [5.41, 5.74) is 3.61. The summed E-state index contributed by atoms with van der Waals surface area (Å²) in [6.07, 6.45) is 0. The fourth-order valence-electron chi connectivity index (χ4n) is 2.09. The van der Waals surface area contributed by atoms with Crippen LogP contribution in [0.5, 0.6) is 0 Å². The van der Waals surface area contributed by atoms with Gasteiger partial charge in [0.2, 0.25) is 0 Å². The van der Waals surface area contributed by atoms with Crippen molar-refractivity contribution in [1.82, 2.24) is 0 Å². The summed E-state index contributed by atoms with van der Waals surface area (Å²) in [6, 6.07) is 10.7. The molecule has 1 amide bonds. The SMILES string of the molecule is Cc1ccc(C)c(C(=O)OCC(=O)Nc2cccc(Cl)c2C)c1. The third kappa shape index (κ3) is 4.33. The van der Waals surface area contributed by atoms with Crippen molar-refractivity contribution >= 4 is 29.2 Å². The molecule has 0 unspecified atom stereocenters. The van der Waals surface area contributed by atoms with E-state index in [1.807, 2.05) is 26.0 Å². The van der Waals surface area contributed by atoms with E-state index in [4.69, 9.17) is 16.3 Å². The van der Waals surface area contributed by atoms with Crippen LogP contribution in [0.2, 0.25) is 5.02 Å². The molecule has 0 spiro atoms. The van der Waals surface area contributed by atoms with Crippen molar-refractivity contribution < 1.29 is 14.3 Å². The first-order chi connectivity index (χ1) is 10.9. The fraction of sp³-hybridized carbons (Fsp3) is 0.222. The lowest BCUT2D eigenvalue weighted by Gasteiger charge is -2.11. The number of rotatable bonds is 4. The van der Waals surface area contributed by atoms with Crippen LogP contribution in [-0.2, 0) is 9.53 Å². The van der Waals surface area contributed by atoms with E-state index in [9.17, 15) is 9.59 Å². The van der Waals surface area contributed by atoms with Gasteiger partial charge >= 0.3 is 5.97 Å². The van der Waals surface area contributed by atoms with Gasteiger partial charge in [-0.15, -0.1) is 0 Å². The number of hydrogen-bond acceptors (Lipinski definition) is 3. The molecular weight excluding hydrogens is 314 g/mol. The van der Waals surface area contributed by atoms with Crippen LogP contribution >= 0.6 is 11.6 Å². The van der Waals surface area contributed by atoms with Crippen molar-refractivity contribution in [3.63, 3.8) is 0 Å². The van der Waals surface area contributed by atoms with E-state index in [1.165, 1.54) is 0 Å². The summed E-state index contributed by atoms with van der Waals surface area (Å²) in [5.74, 6) is -0.918. The number of halogens is 1. The minimum absolute atomic E-state index is 0.349. The number of nitrogens with one attached hydrogen (secondary N) is 1. The van der Waals surface area contributed by atoms with Crippen molar-refractivity contribution in [3.05, 3.63) is 63.7 Å². The second-order valence-corrected chi connectivity index (χ2v) is 5.76. The van der Waals surface area contributed by atoms with Gasteiger partial charge in [-0.3, -0.25) is 4.79 Å². The molecule has 5 heteroatoms. The zero-order chi connectivity index (χ0) is 17.0. The first-order valence-corrected chi connectivity index (χ1v) is 7.55. The highest BCUT2D eigenvalue weighted by Gasteiger charge is 2.13. The van der Waals surface area contributed by atoms with Gasteiger partial charge in [0, 0.05) is 10.7 Å². The van der Waals surface area contributed by atoms with E-state index in [1.54, 1.807) is 31.2 Å². The Balaban J connectivity index is 1.98. The molecule has 23 heavy (non-hydrogen) atoms. The number of amides is 1. The Morgan fingerprint density at radius 3 is 2.61 bits per heavy atom. The number of anilines is 1. The van der Waals surface area contributed by atoms with Crippen molar-refractivity contribution in [2.24, 2.45) is 0 Å². The second-order valence-electron chi connectivity index (χ2n) is 5.36. The van der Waals surface area contributed by atoms with Crippen LogP contribution in [0.1, 0.15) is 27.0 Å². The average Bonchev–Trinajstić information content (AvgIpc) is 2.52. The molecule has 120 valence electrons. The number of carbonyl (C=O) groups excluding carboxylic acids is 2. The van der Waals surface area contributed by atoms with Crippen molar-refractivity contribution in [3.8, 4) is 0 Å². The predicted octanol–water partition coefficient (Wildman–Crippen LogP) is 4.06. The van der Waals surface area contributed by atoms with Crippen LogP contribution in [0.15, 0.2) is 36.4 Å². The summed E-state index contributed by atoms with van der Waals surface area (Å²) in [5, 5.41) is 3.25. The summed E-state index contributed by atoms with van der Waals surface area (Å²) in [7, 11) is 0. The van der Waals surface area contributed by atoms with Gasteiger partial charge in [-0.25, -0.2) is 4.79 Å². The maximum Gasteiger partial charge on any atom is 0.338 e. The maximum absolute atomic E-state index is 12.1. The summed E-state index contributed by atoms with van der Waals surface area (Å²) in [6.45, 7) is 5.18. The van der Waals surface area contributed by atoms with Gasteiger partial charge in [0.1, 0.15) is 0 Å². The highest BCUT2D eigenvalue weighted by molar-refractivity contribution is 6.31. The molecule has 0 saturated heterocycles. The number of ether oxygens (including phenoxy) is 1. The maximum atomic E-state index is 12.1. The minimum atomic E-state index is -0.510. The standard InChI is InChI=1S/C18H18ClNO3/c1-11-7-8-12(2)14(9-11)18(22)23-10-17(21)20-16-6-4-5-15(19)13(16)3/h4-9H,10H2,1-3H3,(H,20,21). The van der Waals surface area contributed by atoms with Crippen LogP contribution in [0.4, 0.5) is 5.69 Å². The molecule has 0 fully saturated rings. The molecule has 0 aliphatic heterocycles. The first kappa shape index (κ1) is 17.0. The van der Waals surface area contributed by atoms with E-state index in [0.717, 1.165) is 16.7 Å². The molecule has 0 bridgehead atoms. The molecule has 1 N–H and O–H groups in total. The van der Waals surface area contributed by atoms with Crippen LogP contribution in [0.3, 0.4) is 0 Å². The predicted molar refractivity (Wildman–Crippen MR) is 91.0 cm³/mol. The van der Waals surface area contributed by atoms with Gasteiger partial charge < -0.3 is 10.1 Å². The van der Waals surface area contributed by atoms with Crippen LogP contribution in [0, 0.1) is 20.8 Å². The van der Waals surface area contributed by atoms with Crippen LogP contribution in [-0.4, -0.2) is 18.5 Å². The zero-order valence-electron chi connectivity index (χ0n) is 13.3. The van der Waals surface area contributed by atoms with E-state index in [0.29, 0.717) is 16.3 Å². The van der Waals surface area contributed by atoms with Gasteiger partial charge in [0.25, 0.3) is 5.91 Å². The number of hydrogen-bond donors (Lipinski definition) is 1. The summed E-state index contributed by atoms with van der Waals surface area (Å²) in [4.78, 5) is 24.0. The third-order valence-electron chi connectivity index (χ3n) is 3.49. The van der Waals surface area contributed by atoms with Crippen LogP contribution in [0.25, 0.3) is 0 Å². The molecule has 0 radical (unpaired) electrons. The molecule has 2 rings (SSSR count). The Labute approximate surface area is 140 Å². The molecule has 0 heterocycles. The summed E-state index contributed by atoms with van der Waals surface area (Å²) >= 11 is 6.00. The number of esters is 1. The Bertz CT molecular complexity index is 756. The van der Waals surface area contributed by atoms with Gasteiger partial charge in [-0.2, -0.15) is 0 Å². The number of carbonyl (C=O) groups is 2. The van der Waals surface area contributed by atoms with Gasteiger partial charge in [0.05, 0.1) is 5.56 Å². The molecule has 0 saturated carbocycles. The molecular formula is C18H18ClNO3. The first-order valence-electron chi connectivity index (χ1n) is 7.18. The van der Waals surface area contributed by atoms with E-state index in [2.05, 4.69) is 5.32 Å². The Morgan fingerprint density at radius 1 is 1.13 bits per heavy atom. The molecule has 2 aromatic carbocycles. The van der Waals surface area contributed by atoms with Crippen molar-refractivity contribution in [2.75, 3.05) is 11.9 Å². The molecule has 0 aliphatic carbocycles. The largest absolute Gasteiger partial charge is 0.452 e. The molecule has 0 aromatic heterocycles. The smallest absolute Gasteiger partial charge is 0.338 e. The lowest BCUT2D eigenvalue weighted by Crippen LogP contribution is -2.21. The fourth-order valence-corrected chi connectivity index (χ4v) is 2.27. The van der Waals surface area contributed by atoms with Gasteiger partial charge in [-0.1, -0.05) is 35.4 Å². The van der Waals surface area contributed by atoms with E-state index >= 15 is 0 Å². The second kappa shape index (κ2) is 7.29. The van der Waals surface area contributed by atoms with E-state index < -0.39 is 11.9 Å². The van der Waals surface area contributed by atoms with Gasteiger partial charge in [0.15, 0.2) is 6.61 Å². The monoisotopic (exact) mass is 331 g/mol. The highest BCUT2D eigenvalue weighted by Crippen LogP contribution is 2.22. The van der Waals surface area contributed by atoms with Crippen molar-refractivity contribution in [2.45, 2.75) is 20.8 Å². The summed E-state index contributed by atoms with van der Waals surface area (Å²) < 4.78 is 5.08. The number of benzene rings is 2.